The number of hydrogen-bond acceptors (Lipinski definition) is 4. The molecule has 0 fully saturated rings. The van der Waals surface area contributed by atoms with E-state index in [4.69, 9.17) is 11.0 Å². The number of fused-ring (bicyclic) bond motifs is 1. The van der Waals surface area contributed by atoms with Crippen LogP contribution in [0.15, 0.2) is 35.9 Å². The molecule has 5 nitrogen and oxygen atoms in total. The number of carbonyl (C=O) groups is 1. The molecule has 18 heavy (non-hydrogen) atoms. The molecule has 1 aromatic heterocycles. The summed E-state index contributed by atoms with van der Waals surface area (Å²) in [7, 11) is 0. The Labute approximate surface area is 103 Å². The number of primary amides is 1. The number of nitrogens with two attached hydrogens (primary N) is 1. The summed E-state index contributed by atoms with van der Waals surface area (Å²) in [5, 5.41) is 19.0. The minimum absolute atomic E-state index is 0.175. The summed E-state index contributed by atoms with van der Waals surface area (Å²) in [4.78, 5) is 15.0. The van der Waals surface area contributed by atoms with Gasteiger partial charge in [0.25, 0.3) is 5.91 Å². The molecule has 0 radical (unpaired) electrons. The first-order chi connectivity index (χ1) is 8.61. The van der Waals surface area contributed by atoms with Crippen LogP contribution in [0.5, 0.6) is 5.88 Å². The molecule has 0 bridgehead atoms. The normalized spacial score (nSPS) is 11.2. The predicted molar refractivity (Wildman–Crippen MR) is 66.2 cm³/mol. The molecule has 0 aliphatic carbocycles. The van der Waals surface area contributed by atoms with Crippen molar-refractivity contribution < 1.29 is 9.90 Å². The highest BCUT2D eigenvalue weighted by Crippen LogP contribution is 2.23. The molecule has 3 N–H and O–H groups in total. The number of rotatable bonds is 2. The Kier molecular flexibility index (Phi) is 2.94. The summed E-state index contributed by atoms with van der Waals surface area (Å²) in [6, 6.07) is 10.2. The molecule has 0 atom stereocenters. The Balaban J connectivity index is 2.72. The molecule has 1 amide bonds. The van der Waals surface area contributed by atoms with Crippen LogP contribution in [-0.2, 0) is 4.79 Å². The number of carbonyl (C=O) groups excluding carboxylic acids is 1. The molecule has 0 saturated carbocycles. The number of nitriles is 1. The van der Waals surface area contributed by atoms with Crippen LogP contribution in [0.1, 0.15) is 5.56 Å². The van der Waals surface area contributed by atoms with Gasteiger partial charge in [0.05, 0.1) is 5.52 Å². The lowest BCUT2D eigenvalue weighted by Gasteiger charge is -2.03. The number of hydrogen-bond donors (Lipinski definition) is 2. The fourth-order valence-electron chi connectivity index (χ4n) is 1.62. The van der Waals surface area contributed by atoms with Gasteiger partial charge in [-0.15, -0.1) is 0 Å². The van der Waals surface area contributed by atoms with Gasteiger partial charge in [-0.1, -0.05) is 18.2 Å². The van der Waals surface area contributed by atoms with E-state index in [9.17, 15) is 9.90 Å². The third-order valence-electron chi connectivity index (χ3n) is 2.42. The number of nitrogens with zero attached hydrogens (tertiary/aromatic N) is 2. The van der Waals surface area contributed by atoms with Gasteiger partial charge in [-0.2, -0.15) is 5.26 Å². The lowest BCUT2D eigenvalue weighted by molar-refractivity contribution is -0.114. The minimum atomic E-state index is -0.808. The Morgan fingerprint density at radius 1 is 1.44 bits per heavy atom. The predicted octanol–water partition coefficient (Wildman–Crippen LogP) is 1.33. The zero-order chi connectivity index (χ0) is 13.1. The first-order valence-electron chi connectivity index (χ1n) is 5.12. The SMILES string of the molecule is N#CC(=Cc1cc(O)nc2ccccc12)C(N)=O. The molecule has 0 aliphatic rings. The number of pyridine rings is 1. The van der Waals surface area contributed by atoms with Crippen LogP contribution in [-0.4, -0.2) is 16.0 Å². The molecule has 0 spiro atoms. The van der Waals surface area contributed by atoms with Crippen molar-refractivity contribution in [2.45, 2.75) is 0 Å². The van der Waals surface area contributed by atoms with E-state index in [1.807, 2.05) is 0 Å². The second-order valence-corrected chi connectivity index (χ2v) is 3.62. The first-order valence-corrected chi connectivity index (χ1v) is 5.12. The first kappa shape index (κ1) is 11.6. The van der Waals surface area contributed by atoms with Gasteiger partial charge in [0.15, 0.2) is 0 Å². The third-order valence-corrected chi connectivity index (χ3v) is 2.42. The second-order valence-electron chi connectivity index (χ2n) is 3.62. The van der Waals surface area contributed by atoms with Crippen LogP contribution in [0.3, 0.4) is 0 Å². The van der Waals surface area contributed by atoms with Crippen molar-refractivity contribution in [1.29, 1.82) is 5.26 Å². The molecule has 5 heteroatoms. The summed E-state index contributed by atoms with van der Waals surface area (Å²) in [5.41, 5.74) is 5.99. The van der Waals surface area contributed by atoms with Gasteiger partial charge in [0, 0.05) is 11.5 Å². The van der Waals surface area contributed by atoms with Gasteiger partial charge in [-0.3, -0.25) is 4.79 Å². The average Bonchev–Trinajstić information content (AvgIpc) is 2.35. The fourth-order valence-corrected chi connectivity index (χ4v) is 1.62. The molecule has 1 aromatic carbocycles. The van der Waals surface area contributed by atoms with Crippen molar-refractivity contribution in [1.82, 2.24) is 4.98 Å². The highest BCUT2D eigenvalue weighted by Gasteiger charge is 2.07. The summed E-state index contributed by atoms with van der Waals surface area (Å²) in [6.45, 7) is 0. The standard InChI is InChI=1S/C13H9N3O2/c14-7-9(13(15)18)5-8-6-12(17)16-11-4-2-1-3-10(8)11/h1-6H,(H2,15,18)(H,16,17). The van der Waals surface area contributed by atoms with E-state index in [1.165, 1.54) is 12.1 Å². The number of aromatic hydroxyl groups is 1. The molecular formula is C13H9N3O2. The Morgan fingerprint density at radius 2 is 2.17 bits per heavy atom. The number of benzene rings is 1. The van der Waals surface area contributed by atoms with Crippen LogP contribution >= 0.6 is 0 Å². The maximum atomic E-state index is 11.0. The quantitative estimate of drug-likeness (QED) is 0.609. The van der Waals surface area contributed by atoms with Gasteiger partial charge in [0.1, 0.15) is 11.6 Å². The maximum absolute atomic E-state index is 11.0. The largest absolute Gasteiger partial charge is 0.493 e. The van der Waals surface area contributed by atoms with Crippen LogP contribution < -0.4 is 5.73 Å². The molecule has 0 unspecified atom stereocenters. The van der Waals surface area contributed by atoms with Gasteiger partial charge < -0.3 is 10.8 Å². The van der Waals surface area contributed by atoms with Crippen molar-refractivity contribution in [3.63, 3.8) is 0 Å². The van der Waals surface area contributed by atoms with Gasteiger partial charge in [0.2, 0.25) is 5.88 Å². The van der Waals surface area contributed by atoms with E-state index in [1.54, 1.807) is 30.3 Å². The topological polar surface area (TPSA) is 100 Å². The summed E-state index contributed by atoms with van der Waals surface area (Å²) in [6.07, 6.45) is 1.34. The van der Waals surface area contributed by atoms with Crippen LogP contribution in [0, 0.1) is 11.3 Å². The van der Waals surface area contributed by atoms with E-state index < -0.39 is 5.91 Å². The highest BCUT2D eigenvalue weighted by atomic mass is 16.3. The van der Waals surface area contributed by atoms with E-state index in [2.05, 4.69) is 4.98 Å². The van der Waals surface area contributed by atoms with Crippen LogP contribution in [0.25, 0.3) is 17.0 Å². The highest BCUT2D eigenvalue weighted by molar-refractivity contribution is 6.02. The zero-order valence-corrected chi connectivity index (χ0v) is 9.29. The van der Waals surface area contributed by atoms with Crippen LogP contribution in [0.2, 0.25) is 0 Å². The molecule has 0 aliphatic heterocycles. The summed E-state index contributed by atoms with van der Waals surface area (Å²) < 4.78 is 0. The molecule has 1 heterocycles. The fraction of sp³-hybridized carbons (Fsp3) is 0. The Morgan fingerprint density at radius 3 is 2.83 bits per heavy atom. The average molecular weight is 239 g/mol. The second kappa shape index (κ2) is 4.55. The van der Waals surface area contributed by atoms with Crippen molar-refractivity contribution in [2.75, 3.05) is 0 Å². The Bertz CT molecular complexity index is 699. The molecule has 88 valence electrons. The van der Waals surface area contributed by atoms with Crippen molar-refractivity contribution in [3.05, 3.63) is 41.5 Å². The summed E-state index contributed by atoms with van der Waals surface area (Å²) >= 11 is 0. The van der Waals surface area contributed by atoms with Crippen molar-refractivity contribution in [2.24, 2.45) is 5.73 Å². The smallest absolute Gasteiger partial charge is 0.259 e. The minimum Gasteiger partial charge on any atom is -0.493 e. The third kappa shape index (κ3) is 2.13. The molecule has 0 saturated heterocycles. The van der Waals surface area contributed by atoms with Crippen LogP contribution in [0.4, 0.5) is 0 Å². The maximum Gasteiger partial charge on any atom is 0.259 e. The Hall–Kier alpha value is -2.87. The van der Waals surface area contributed by atoms with Gasteiger partial charge in [-0.05, 0) is 17.7 Å². The number of amides is 1. The molecule has 2 aromatic rings. The van der Waals surface area contributed by atoms with E-state index in [0.717, 1.165) is 5.39 Å². The van der Waals surface area contributed by atoms with E-state index in [-0.39, 0.29) is 11.5 Å². The lowest BCUT2D eigenvalue weighted by Crippen LogP contribution is -2.12. The number of aromatic nitrogens is 1. The zero-order valence-electron chi connectivity index (χ0n) is 9.29. The monoisotopic (exact) mass is 239 g/mol. The lowest BCUT2D eigenvalue weighted by atomic mass is 10.1. The van der Waals surface area contributed by atoms with Gasteiger partial charge in [-0.25, -0.2) is 4.98 Å². The number of para-hydroxylation sites is 1. The molecular weight excluding hydrogens is 230 g/mol. The van der Waals surface area contributed by atoms with Crippen molar-refractivity contribution >= 4 is 22.9 Å². The molecule has 2 rings (SSSR count). The van der Waals surface area contributed by atoms with Gasteiger partial charge >= 0.3 is 0 Å². The van der Waals surface area contributed by atoms with E-state index >= 15 is 0 Å². The summed E-state index contributed by atoms with van der Waals surface area (Å²) in [5.74, 6) is -0.986. The van der Waals surface area contributed by atoms with E-state index in [0.29, 0.717) is 11.1 Å². The van der Waals surface area contributed by atoms with Crippen molar-refractivity contribution in [3.8, 4) is 11.9 Å².